The summed E-state index contributed by atoms with van der Waals surface area (Å²) in [5, 5.41) is 3.94. The van der Waals surface area contributed by atoms with Crippen molar-refractivity contribution in [3.63, 3.8) is 0 Å². The second kappa shape index (κ2) is 6.65. The van der Waals surface area contributed by atoms with Crippen LogP contribution in [0.5, 0.6) is 5.75 Å². The van der Waals surface area contributed by atoms with Crippen molar-refractivity contribution < 1.29 is 9.53 Å². The molecule has 1 aromatic carbocycles. The van der Waals surface area contributed by atoms with Crippen molar-refractivity contribution in [2.45, 2.75) is 12.5 Å². The number of fused-ring (bicyclic) bond motifs is 1. The molecular weight excluding hydrogens is 338 g/mol. The molecule has 3 heterocycles. The van der Waals surface area contributed by atoms with E-state index in [-0.39, 0.29) is 5.91 Å². The zero-order valence-corrected chi connectivity index (χ0v) is 14.8. The standard InChI is InChI=1S/C19H20ClN3O2/c1-25-18-8-12(2-3-15(18)14-4-6-21-10-16(14)20)19(24)23-7-5-13-9-22-11-17(13)23/h2-4,6,8,10,13,17,22H,5,7,9,11H2,1H3/t13-,17+/m1/s1. The molecule has 2 saturated heterocycles. The summed E-state index contributed by atoms with van der Waals surface area (Å²) in [4.78, 5) is 19.0. The minimum absolute atomic E-state index is 0.0712. The van der Waals surface area contributed by atoms with Crippen LogP contribution in [0, 0.1) is 5.92 Å². The molecular formula is C19H20ClN3O2. The highest BCUT2D eigenvalue weighted by atomic mass is 35.5. The van der Waals surface area contributed by atoms with Gasteiger partial charge in [0.1, 0.15) is 5.75 Å². The minimum Gasteiger partial charge on any atom is -0.496 e. The Morgan fingerprint density at radius 1 is 1.32 bits per heavy atom. The van der Waals surface area contributed by atoms with Crippen LogP contribution in [0.3, 0.4) is 0 Å². The molecule has 5 nitrogen and oxygen atoms in total. The van der Waals surface area contributed by atoms with E-state index in [1.165, 1.54) is 0 Å². The quantitative estimate of drug-likeness (QED) is 0.917. The lowest BCUT2D eigenvalue weighted by molar-refractivity contribution is 0.0736. The molecule has 2 atom stereocenters. The Morgan fingerprint density at radius 2 is 2.20 bits per heavy atom. The van der Waals surface area contributed by atoms with Gasteiger partial charge in [-0.25, -0.2) is 0 Å². The Morgan fingerprint density at radius 3 is 3.00 bits per heavy atom. The number of rotatable bonds is 3. The summed E-state index contributed by atoms with van der Waals surface area (Å²) in [6.45, 7) is 2.73. The van der Waals surface area contributed by atoms with E-state index in [2.05, 4.69) is 10.3 Å². The molecule has 2 aliphatic heterocycles. The van der Waals surface area contributed by atoms with Gasteiger partial charge >= 0.3 is 0 Å². The average Bonchev–Trinajstić information content (AvgIpc) is 3.25. The van der Waals surface area contributed by atoms with Gasteiger partial charge in [0, 0.05) is 54.8 Å². The van der Waals surface area contributed by atoms with Gasteiger partial charge in [-0.15, -0.1) is 0 Å². The van der Waals surface area contributed by atoms with E-state index in [0.29, 0.717) is 28.3 Å². The van der Waals surface area contributed by atoms with Crippen LogP contribution in [0.25, 0.3) is 11.1 Å². The number of hydrogen-bond donors (Lipinski definition) is 1. The Bertz CT molecular complexity index is 811. The molecule has 1 N–H and O–H groups in total. The highest BCUT2D eigenvalue weighted by Gasteiger charge is 2.40. The van der Waals surface area contributed by atoms with Crippen LogP contribution >= 0.6 is 11.6 Å². The number of methoxy groups -OCH3 is 1. The average molecular weight is 358 g/mol. The zero-order chi connectivity index (χ0) is 17.4. The van der Waals surface area contributed by atoms with Crippen LogP contribution in [0.4, 0.5) is 0 Å². The molecule has 2 fully saturated rings. The summed E-state index contributed by atoms with van der Waals surface area (Å²) < 4.78 is 5.53. The van der Waals surface area contributed by atoms with Crippen LogP contribution < -0.4 is 10.1 Å². The highest BCUT2D eigenvalue weighted by Crippen LogP contribution is 2.36. The summed E-state index contributed by atoms with van der Waals surface area (Å²) in [7, 11) is 1.61. The topological polar surface area (TPSA) is 54.5 Å². The highest BCUT2D eigenvalue weighted by molar-refractivity contribution is 6.33. The van der Waals surface area contributed by atoms with Crippen LogP contribution in [-0.2, 0) is 0 Å². The van der Waals surface area contributed by atoms with E-state index < -0.39 is 0 Å². The molecule has 1 aromatic heterocycles. The fourth-order valence-corrected chi connectivity index (χ4v) is 4.13. The number of nitrogens with zero attached hydrogens (tertiary/aromatic N) is 2. The van der Waals surface area contributed by atoms with Gasteiger partial charge in [-0.2, -0.15) is 0 Å². The fraction of sp³-hybridized carbons (Fsp3) is 0.368. The normalized spacial score (nSPS) is 22.1. The fourth-order valence-electron chi connectivity index (χ4n) is 3.91. The van der Waals surface area contributed by atoms with Crippen LogP contribution in [-0.4, -0.2) is 48.6 Å². The molecule has 6 heteroatoms. The summed E-state index contributed by atoms with van der Waals surface area (Å²) in [6.07, 6.45) is 4.37. The zero-order valence-electron chi connectivity index (χ0n) is 14.0. The SMILES string of the molecule is COc1cc(C(=O)N2CC[C@@H]3CNC[C@@H]32)ccc1-c1ccncc1Cl. The number of amides is 1. The Hall–Kier alpha value is -2.11. The van der Waals surface area contributed by atoms with Gasteiger partial charge in [0.15, 0.2) is 0 Å². The van der Waals surface area contributed by atoms with Gasteiger partial charge < -0.3 is 15.0 Å². The number of ether oxygens (including phenoxy) is 1. The second-order valence-corrected chi connectivity index (χ2v) is 6.95. The lowest BCUT2D eigenvalue weighted by Gasteiger charge is -2.24. The third kappa shape index (κ3) is 2.87. The molecule has 0 unspecified atom stereocenters. The Balaban J connectivity index is 1.66. The van der Waals surface area contributed by atoms with Crippen molar-refractivity contribution in [3.05, 3.63) is 47.2 Å². The molecule has 2 aliphatic rings. The van der Waals surface area contributed by atoms with Crippen molar-refractivity contribution in [3.8, 4) is 16.9 Å². The maximum absolute atomic E-state index is 13.0. The van der Waals surface area contributed by atoms with Gasteiger partial charge in [-0.3, -0.25) is 9.78 Å². The molecule has 4 rings (SSSR count). The number of aromatic nitrogens is 1. The van der Waals surface area contributed by atoms with Crippen molar-refractivity contribution >= 4 is 17.5 Å². The number of nitrogens with one attached hydrogen (secondary N) is 1. The Kier molecular flexibility index (Phi) is 4.36. The number of hydrogen-bond acceptors (Lipinski definition) is 4. The van der Waals surface area contributed by atoms with E-state index in [1.54, 1.807) is 19.5 Å². The monoisotopic (exact) mass is 357 g/mol. The molecule has 1 amide bonds. The van der Waals surface area contributed by atoms with Crippen LogP contribution in [0.2, 0.25) is 5.02 Å². The molecule has 0 aliphatic carbocycles. The van der Waals surface area contributed by atoms with Crippen LogP contribution in [0.15, 0.2) is 36.7 Å². The van der Waals surface area contributed by atoms with Gasteiger partial charge in [0.2, 0.25) is 0 Å². The molecule has 25 heavy (non-hydrogen) atoms. The lowest BCUT2D eigenvalue weighted by Crippen LogP contribution is -2.39. The first-order valence-electron chi connectivity index (χ1n) is 8.48. The smallest absolute Gasteiger partial charge is 0.254 e. The largest absolute Gasteiger partial charge is 0.496 e. The summed E-state index contributed by atoms with van der Waals surface area (Å²) in [6, 6.07) is 7.72. The predicted octanol–water partition coefficient (Wildman–Crippen LogP) is 2.84. The van der Waals surface area contributed by atoms with E-state index in [9.17, 15) is 4.79 Å². The van der Waals surface area contributed by atoms with E-state index in [4.69, 9.17) is 16.3 Å². The van der Waals surface area contributed by atoms with Crippen molar-refractivity contribution in [1.82, 2.24) is 15.2 Å². The lowest BCUT2D eigenvalue weighted by atomic mass is 10.0. The summed E-state index contributed by atoms with van der Waals surface area (Å²) in [5.41, 5.74) is 2.35. The number of halogens is 1. The number of benzene rings is 1. The van der Waals surface area contributed by atoms with Gasteiger partial charge in [0.05, 0.1) is 12.1 Å². The van der Waals surface area contributed by atoms with Gasteiger partial charge in [-0.05, 0) is 36.6 Å². The minimum atomic E-state index is 0.0712. The van der Waals surface area contributed by atoms with Gasteiger partial charge in [-0.1, -0.05) is 11.6 Å². The molecule has 130 valence electrons. The Labute approximate surface area is 152 Å². The summed E-state index contributed by atoms with van der Waals surface area (Å²) in [5.74, 6) is 1.29. The number of likely N-dealkylation sites (tertiary alicyclic amines) is 1. The second-order valence-electron chi connectivity index (χ2n) is 6.54. The van der Waals surface area contributed by atoms with E-state index >= 15 is 0 Å². The first-order valence-corrected chi connectivity index (χ1v) is 8.86. The van der Waals surface area contributed by atoms with Crippen LogP contribution in [0.1, 0.15) is 16.8 Å². The third-order valence-electron chi connectivity index (χ3n) is 5.22. The molecule has 2 aromatic rings. The number of carbonyl (C=O) groups is 1. The summed E-state index contributed by atoms with van der Waals surface area (Å²) >= 11 is 6.25. The van der Waals surface area contributed by atoms with Crippen molar-refractivity contribution in [1.29, 1.82) is 0 Å². The molecule has 0 saturated carbocycles. The number of pyridine rings is 1. The predicted molar refractivity (Wildman–Crippen MR) is 97.0 cm³/mol. The maximum atomic E-state index is 13.0. The number of carbonyl (C=O) groups excluding carboxylic acids is 1. The van der Waals surface area contributed by atoms with Gasteiger partial charge in [0.25, 0.3) is 5.91 Å². The molecule has 0 spiro atoms. The van der Waals surface area contributed by atoms with Crippen molar-refractivity contribution in [2.75, 3.05) is 26.7 Å². The first kappa shape index (κ1) is 16.4. The van der Waals surface area contributed by atoms with E-state index in [1.807, 2.05) is 29.2 Å². The third-order valence-corrected chi connectivity index (χ3v) is 5.52. The molecule has 0 radical (unpaired) electrons. The van der Waals surface area contributed by atoms with Crippen molar-refractivity contribution in [2.24, 2.45) is 5.92 Å². The first-order chi connectivity index (χ1) is 12.2. The van der Waals surface area contributed by atoms with E-state index in [0.717, 1.165) is 37.2 Å². The maximum Gasteiger partial charge on any atom is 0.254 e. The molecule has 0 bridgehead atoms.